The molecule has 0 atom stereocenters. The summed E-state index contributed by atoms with van der Waals surface area (Å²) in [5.74, 6) is 0.115. The van der Waals surface area contributed by atoms with E-state index in [9.17, 15) is 0 Å². The predicted octanol–water partition coefficient (Wildman–Crippen LogP) is 0.913. The van der Waals surface area contributed by atoms with Crippen molar-refractivity contribution < 1.29 is 0 Å². The summed E-state index contributed by atoms with van der Waals surface area (Å²) in [5, 5.41) is 7.07. The summed E-state index contributed by atoms with van der Waals surface area (Å²) in [6.45, 7) is 0.526. The molecule has 1 aromatic heterocycles. The maximum Gasteiger partial charge on any atom is 0.133 e. The number of hydrogen-bond acceptors (Lipinski definition) is 3. The Bertz CT molecular complexity index is 246. The summed E-state index contributed by atoms with van der Waals surface area (Å²) < 4.78 is 0. The second-order valence-electron chi connectivity index (χ2n) is 1.88. The monoisotopic (exact) mass is 191 g/mol. The van der Waals surface area contributed by atoms with Crippen molar-refractivity contribution in [1.82, 2.24) is 0 Å². The summed E-state index contributed by atoms with van der Waals surface area (Å²) in [4.78, 5) is 1.85. The molecule has 0 radical (unpaired) electrons. The van der Waals surface area contributed by atoms with Crippen molar-refractivity contribution in [2.75, 3.05) is 0 Å². The number of thiophene rings is 1. The maximum absolute atomic E-state index is 7.07. The highest BCUT2D eigenvalue weighted by atomic mass is 35.5. The van der Waals surface area contributed by atoms with Crippen LogP contribution < -0.4 is 11.5 Å². The second kappa shape index (κ2) is 4.33. The molecule has 5 heteroatoms. The minimum atomic E-state index is 0. The summed E-state index contributed by atoms with van der Waals surface area (Å²) in [6.07, 6.45) is 0. The van der Waals surface area contributed by atoms with Gasteiger partial charge in [0.1, 0.15) is 5.84 Å². The molecule has 0 unspecified atom stereocenters. The first-order chi connectivity index (χ1) is 4.74. The highest BCUT2D eigenvalue weighted by Crippen LogP contribution is 2.14. The standard InChI is InChI=1S/C6H9N3S.ClH/c7-3-4-1-2-5(10-4)6(8)9;/h1-2H,3,7H2,(H3,8,9);1H. The van der Waals surface area contributed by atoms with Crippen LogP contribution in [0.2, 0.25) is 0 Å². The molecular formula is C6H10ClN3S. The zero-order valence-corrected chi connectivity index (χ0v) is 7.47. The van der Waals surface area contributed by atoms with E-state index in [1.165, 1.54) is 11.3 Å². The van der Waals surface area contributed by atoms with Gasteiger partial charge in [-0.1, -0.05) is 0 Å². The molecular weight excluding hydrogens is 182 g/mol. The minimum Gasteiger partial charge on any atom is -0.383 e. The van der Waals surface area contributed by atoms with Crippen LogP contribution in [-0.2, 0) is 6.54 Å². The molecule has 0 saturated carbocycles. The largest absolute Gasteiger partial charge is 0.383 e. The third-order valence-corrected chi connectivity index (χ3v) is 2.27. The fourth-order valence-corrected chi connectivity index (χ4v) is 1.38. The van der Waals surface area contributed by atoms with E-state index in [4.69, 9.17) is 16.9 Å². The predicted molar refractivity (Wildman–Crippen MR) is 50.5 cm³/mol. The first-order valence-corrected chi connectivity index (χ1v) is 3.69. The molecule has 0 saturated heterocycles. The quantitative estimate of drug-likeness (QED) is 0.480. The van der Waals surface area contributed by atoms with Crippen LogP contribution in [0.25, 0.3) is 0 Å². The van der Waals surface area contributed by atoms with Crippen molar-refractivity contribution in [3.05, 3.63) is 21.9 Å². The summed E-state index contributed by atoms with van der Waals surface area (Å²) in [6, 6.07) is 3.70. The molecule has 0 aromatic carbocycles. The van der Waals surface area contributed by atoms with Gasteiger partial charge in [0.25, 0.3) is 0 Å². The SMILES string of the molecule is Cl.N=C(N)c1ccc(CN)s1. The Morgan fingerprint density at radius 2 is 2.18 bits per heavy atom. The van der Waals surface area contributed by atoms with Gasteiger partial charge in [-0.25, -0.2) is 0 Å². The molecule has 0 bridgehead atoms. The van der Waals surface area contributed by atoms with Crippen LogP contribution >= 0.6 is 23.7 Å². The Balaban J connectivity index is 0.000001000. The number of nitrogens with one attached hydrogen (secondary N) is 1. The number of amidine groups is 1. The zero-order chi connectivity index (χ0) is 7.56. The lowest BCUT2D eigenvalue weighted by Gasteiger charge is -1.87. The van der Waals surface area contributed by atoms with Crippen LogP contribution in [0, 0.1) is 5.41 Å². The molecule has 62 valence electrons. The molecule has 5 N–H and O–H groups in total. The van der Waals surface area contributed by atoms with Gasteiger partial charge in [0, 0.05) is 11.4 Å². The lowest BCUT2D eigenvalue weighted by atomic mass is 10.4. The van der Waals surface area contributed by atoms with Crippen molar-refractivity contribution in [3.8, 4) is 0 Å². The van der Waals surface area contributed by atoms with Crippen molar-refractivity contribution in [2.24, 2.45) is 11.5 Å². The average molecular weight is 192 g/mol. The summed E-state index contributed by atoms with van der Waals surface area (Å²) in [5.41, 5.74) is 10.6. The number of hydrogen-bond donors (Lipinski definition) is 3. The van der Waals surface area contributed by atoms with Crippen LogP contribution in [-0.4, -0.2) is 5.84 Å². The van der Waals surface area contributed by atoms with Crippen LogP contribution in [0.15, 0.2) is 12.1 Å². The Morgan fingerprint density at radius 3 is 2.45 bits per heavy atom. The molecule has 0 aliphatic heterocycles. The topological polar surface area (TPSA) is 75.9 Å². The third-order valence-electron chi connectivity index (χ3n) is 1.13. The molecule has 0 fully saturated rings. The Morgan fingerprint density at radius 1 is 1.55 bits per heavy atom. The van der Waals surface area contributed by atoms with Gasteiger partial charge in [-0.05, 0) is 12.1 Å². The molecule has 3 nitrogen and oxygen atoms in total. The average Bonchev–Trinajstić information content (AvgIpc) is 2.34. The number of rotatable bonds is 2. The molecule has 0 amide bonds. The molecule has 0 spiro atoms. The highest BCUT2D eigenvalue weighted by molar-refractivity contribution is 7.14. The maximum atomic E-state index is 7.07. The van der Waals surface area contributed by atoms with E-state index in [1.54, 1.807) is 0 Å². The number of halogens is 1. The van der Waals surface area contributed by atoms with Gasteiger partial charge in [0.15, 0.2) is 0 Å². The third kappa shape index (κ3) is 2.49. The number of nitrogens with two attached hydrogens (primary N) is 2. The molecule has 0 aliphatic rings. The smallest absolute Gasteiger partial charge is 0.133 e. The molecule has 11 heavy (non-hydrogen) atoms. The fourth-order valence-electron chi connectivity index (χ4n) is 0.632. The minimum absolute atomic E-state index is 0. The van der Waals surface area contributed by atoms with Gasteiger partial charge < -0.3 is 11.5 Å². The lowest BCUT2D eigenvalue weighted by Crippen LogP contribution is -2.08. The highest BCUT2D eigenvalue weighted by Gasteiger charge is 1.99. The van der Waals surface area contributed by atoms with E-state index >= 15 is 0 Å². The van der Waals surface area contributed by atoms with E-state index in [0.717, 1.165) is 9.75 Å². The van der Waals surface area contributed by atoms with Crippen molar-refractivity contribution in [2.45, 2.75) is 6.54 Å². The number of nitrogen functional groups attached to an aromatic ring is 1. The van der Waals surface area contributed by atoms with Gasteiger partial charge in [-0.3, -0.25) is 5.41 Å². The van der Waals surface area contributed by atoms with E-state index in [-0.39, 0.29) is 18.2 Å². The van der Waals surface area contributed by atoms with Gasteiger partial charge in [0.2, 0.25) is 0 Å². The van der Waals surface area contributed by atoms with Crippen molar-refractivity contribution in [1.29, 1.82) is 5.41 Å². The van der Waals surface area contributed by atoms with Crippen LogP contribution in [0.4, 0.5) is 0 Å². The molecule has 1 heterocycles. The summed E-state index contributed by atoms with van der Waals surface area (Å²) >= 11 is 1.47. The first kappa shape index (κ1) is 10.4. The van der Waals surface area contributed by atoms with Crippen LogP contribution in [0.1, 0.15) is 9.75 Å². The Labute approximate surface area is 75.3 Å². The second-order valence-corrected chi connectivity index (χ2v) is 3.05. The van der Waals surface area contributed by atoms with E-state index in [0.29, 0.717) is 6.54 Å². The van der Waals surface area contributed by atoms with Crippen LogP contribution in [0.3, 0.4) is 0 Å². The van der Waals surface area contributed by atoms with Crippen molar-refractivity contribution >= 4 is 29.6 Å². The first-order valence-electron chi connectivity index (χ1n) is 2.87. The Kier molecular flexibility index (Phi) is 4.10. The Hall–Kier alpha value is -0.580. The van der Waals surface area contributed by atoms with Crippen LogP contribution in [0.5, 0.6) is 0 Å². The van der Waals surface area contributed by atoms with Gasteiger partial charge in [-0.15, -0.1) is 23.7 Å². The van der Waals surface area contributed by atoms with E-state index in [1.807, 2.05) is 12.1 Å². The molecule has 1 rings (SSSR count). The summed E-state index contributed by atoms with van der Waals surface area (Å²) in [7, 11) is 0. The zero-order valence-electron chi connectivity index (χ0n) is 5.83. The van der Waals surface area contributed by atoms with E-state index < -0.39 is 0 Å². The van der Waals surface area contributed by atoms with Crippen molar-refractivity contribution in [3.63, 3.8) is 0 Å². The normalized spacial score (nSPS) is 8.82. The van der Waals surface area contributed by atoms with Gasteiger partial charge >= 0.3 is 0 Å². The van der Waals surface area contributed by atoms with Gasteiger partial charge in [-0.2, -0.15) is 0 Å². The fraction of sp³-hybridized carbons (Fsp3) is 0.167. The lowest BCUT2D eigenvalue weighted by molar-refractivity contribution is 1.11. The van der Waals surface area contributed by atoms with E-state index in [2.05, 4.69) is 0 Å². The molecule has 1 aromatic rings. The van der Waals surface area contributed by atoms with Gasteiger partial charge in [0.05, 0.1) is 4.88 Å². The molecule has 0 aliphatic carbocycles.